The third kappa shape index (κ3) is 8.42. The smallest absolute Gasteiger partial charge is 0.326 e. The zero-order valence-electron chi connectivity index (χ0n) is 18.2. The molecule has 0 aromatic heterocycles. The molecule has 0 aliphatic carbocycles. The van der Waals surface area contributed by atoms with Gasteiger partial charge in [0.1, 0.15) is 13.3 Å². The highest BCUT2D eigenvalue weighted by Gasteiger charge is 2.26. The van der Waals surface area contributed by atoms with Crippen molar-refractivity contribution in [1.29, 1.82) is 0 Å². The van der Waals surface area contributed by atoms with E-state index in [1.165, 1.54) is 23.1 Å². The number of hydrogen-bond acceptors (Lipinski definition) is 6. The number of rotatable bonds is 11. The van der Waals surface area contributed by atoms with E-state index in [0.717, 1.165) is 0 Å². The summed E-state index contributed by atoms with van der Waals surface area (Å²) in [6, 6.07) is 3.16. The van der Waals surface area contributed by atoms with Crippen LogP contribution in [0, 0.1) is 11.2 Å². The van der Waals surface area contributed by atoms with Crippen LogP contribution in [0.5, 0.6) is 5.75 Å². The highest BCUT2D eigenvalue weighted by molar-refractivity contribution is 7.89. The topological polar surface area (TPSA) is 114 Å². The Balaban J connectivity index is 1.81. The summed E-state index contributed by atoms with van der Waals surface area (Å²) in [6.45, 7) is 7.83. The maximum absolute atomic E-state index is 14.0. The molecule has 0 saturated carbocycles. The fourth-order valence-corrected chi connectivity index (χ4v) is 3.99. The summed E-state index contributed by atoms with van der Waals surface area (Å²) in [7, 11) is -3.62. The first-order chi connectivity index (χ1) is 14.4. The van der Waals surface area contributed by atoms with E-state index in [1.54, 1.807) is 6.92 Å². The Morgan fingerprint density at radius 3 is 2.61 bits per heavy atom. The van der Waals surface area contributed by atoms with Crippen LogP contribution >= 0.6 is 0 Å². The van der Waals surface area contributed by atoms with E-state index in [4.69, 9.17) is 9.47 Å². The predicted molar refractivity (Wildman–Crippen MR) is 112 cm³/mol. The largest absolute Gasteiger partial charge is 0.490 e. The minimum atomic E-state index is -3.62. The number of benzene rings is 1. The van der Waals surface area contributed by atoms with Crippen molar-refractivity contribution >= 4 is 22.0 Å². The van der Waals surface area contributed by atoms with Gasteiger partial charge in [-0.3, -0.25) is 15.0 Å². The number of imide groups is 1. The zero-order valence-corrected chi connectivity index (χ0v) is 19.1. The van der Waals surface area contributed by atoms with Crippen LogP contribution in [-0.4, -0.2) is 57.5 Å². The normalized spacial score (nSPS) is 15.8. The van der Waals surface area contributed by atoms with Crippen molar-refractivity contribution in [2.75, 3.05) is 32.2 Å². The molecule has 1 fully saturated rings. The van der Waals surface area contributed by atoms with Crippen LogP contribution < -0.4 is 14.8 Å². The number of ether oxygens (including phenoxy) is 2. The van der Waals surface area contributed by atoms with Gasteiger partial charge in [-0.1, -0.05) is 26.8 Å². The molecular formula is C20H30FN3O6S. The Kier molecular flexibility index (Phi) is 8.38. The lowest BCUT2D eigenvalue weighted by Gasteiger charge is -2.20. The Morgan fingerprint density at radius 1 is 1.29 bits per heavy atom. The summed E-state index contributed by atoms with van der Waals surface area (Å²) in [5.74, 6) is -1.01. The molecule has 1 aromatic carbocycles. The van der Waals surface area contributed by atoms with E-state index in [2.05, 4.69) is 10.0 Å². The van der Waals surface area contributed by atoms with Gasteiger partial charge in [-0.25, -0.2) is 22.3 Å². The van der Waals surface area contributed by atoms with Gasteiger partial charge in [0, 0.05) is 12.6 Å². The van der Waals surface area contributed by atoms with E-state index in [0.29, 0.717) is 12.2 Å². The van der Waals surface area contributed by atoms with E-state index in [1.807, 2.05) is 20.8 Å². The number of nitrogens with one attached hydrogen (secondary N) is 2. The molecule has 174 valence electrons. The van der Waals surface area contributed by atoms with Crippen molar-refractivity contribution in [3.8, 4) is 5.75 Å². The molecule has 11 heteroatoms. The SMILES string of the molecule is C[C@@H](NS(=O)(=O)CCCOCN1CC(=O)NC1=O)c1ccc(F)c(OCC(C)(C)C)c1. The fourth-order valence-electron chi connectivity index (χ4n) is 2.70. The van der Waals surface area contributed by atoms with Gasteiger partial charge in [-0.05, 0) is 36.5 Å². The van der Waals surface area contributed by atoms with Crippen molar-refractivity contribution < 1.29 is 31.9 Å². The number of sulfonamides is 1. The summed E-state index contributed by atoms with van der Waals surface area (Å²) in [5.41, 5.74) is 0.432. The molecule has 1 saturated heterocycles. The van der Waals surface area contributed by atoms with E-state index < -0.39 is 33.8 Å². The minimum absolute atomic E-state index is 0.0741. The molecule has 1 aliphatic rings. The van der Waals surface area contributed by atoms with Crippen LogP contribution in [0.15, 0.2) is 18.2 Å². The van der Waals surface area contributed by atoms with E-state index in [-0.39, 0.29) is 43.2 Å². The number of hydrogen-bond donors (Lipinski definition) is 2. The number of halogens is 1. The molecule has 0 bridgehead atoms. The van der Waals surface area contributed by atoms with Gasteiger partial charge in [-0.15, -0.1) is 0 Å². The Labute approximate surface area is 182 Å². The predicted octanol–water partition coefficient (Wildman–Crippen LogP) is 2.15. The second-order valence-corrected chi connectivity index (χ2v) is 10.5. The first-order valence-electron chi connectivity index (χ1n) is 9.95. The third-order valence-electron chi connectivity index (χ3n) is 4.29. The Morgan fingerprint density at radius 2 is 2.00 bits per heavy atom. The quantitative estimate of drug-likeness (QED) is 0.387. The summed E-state index contributed by atoms with van der Waals surface area (Å²) >= 11 is 0. The average molecular weight is 460 g/mol. The fraction of sp³-hybridized carbons (Fsp3) is 0.600. The highest BCUT2D eigenvalue weighted by Crippen LogP contribution is 2.25. The molecule has 1 heterocycles. The lowest BCUT2D eigenvalue weighted by Crippen LogP contribution is -2.31. The lowest BCUT2D eigenvalue weighted by atomic mass is 9.98. The summed E-state index contributed by atoms with van der Waals surface area (Å²) in [5, 5.41) is 2.12. The molecule has 3 amide bonds. The molecule has 0 unspecified atom stereocenters. The molecule has 9 nitrogen and oxygen atoms in total. The first kappa shape index (κ1) is 25.0. The third-order valence-corrected chi connectivity index (χ3v) is 5.83. The van der Waals surface area contributed by atoms with Gasteiger partial charge < -0.3 is 9.47 Å². The number of carbonyl (C=O) groups is 2. The van der Waals surface area contributed by atoms with Gasteiger partial charge in [0.05, 0.1) is 12.4 Å². The molecule has 2 rings (SSSR count). The van der Waals surface area contributed by atoms with Crippen LogP contribution in [0.2, 0.25) is 0 Å². The Hall–Kier alpha value is -2.24. The summed E-state index contributed by atoms with van der Waals surface area (Å²) in [4.78, 5) is 23.6. The maximum Gasteiger partial charge on any atom is 0.326 e. The van der Waals surface area contributed by atoms with Gasteiger partial charge in [0.2, 0.25) is 15.9 Å². The van der Waals surface area contributed by atoms with Crippen LogP contribution in [0.1, 0.15) is 45.7 Å². The maximum atomic E-state index is 14.0. The van der Waals surface area contributed by atoms with Crippen LogP contribution in [0.4, 0.5) is 9.18 Å². The molecule has 1 atom stereocenters. The van der Waals surface area contributed by atoms with Gasteiger partial charge in [-0.2, -0.15) is 0 Å². The second kappa shape index (κ2) is 10.4. The Bertz CT molecular complexity index is 901. The van der Waals surface area contributed by atoms with Gasteiger partial charge in [0.25, 0.3) is 0 Å². The zero-order chi connectivity index (χ0) is 23.2. The second-order valence-electron chi connectivity index (χ2n) is 8.64. The van der Waals surface area contributed by atoms with Crippen LogP contribution in [0.25, 0.3) is 0 Å². The molecule has 0 spiro atoms. The number of nitrogens with zero attached hydrogens (tertiary/aromatic N) is 1. The van der Waals surface area contributed by atoms with Crippen molar-refractivity contribution in [3.63, 3.8) is 0 Å². The van der Waals surface area contributed by atoms with Crippen molar-refractivity contribution in [3.05, 3.63) is 29.6 Å². The molecule has 1 aliphatic heterocycles. The van der Waals surface area contributed by atoms with E-state index >= 15 is 0 Å². The summed E-state index contributed by atoms with van der Waals surface area (Å²) < 4.78 is 52.1. The highest BCUT2D eigenvalue weighted by atomic mass is 32.2. The molecule has 2 N–H and O–H groups in total. The number of urea groups is 1. The molecule has 1 aromatic rings. The van der Waals surface area contributed by atoms with Crippen molar-refractivity contribution in [2.24, 2.45) is 5.41 Å². The van der Waals surface area contributed by atoms with Crippen LogP contribution in [-0.2, 0) is 19.6 Å². The van der Waals surface area contributed by atoms with Gasteiger partial charge >= 0.3 is 6.03 Å². The molecule has 31 heavy (non-hydrogen) atoms. The summed E-state index contributed by atoms with van der Waals surface area (Å²) in [6.07, 6.45) is 0.203. The molecule has 0 radical (unpaired) electrons. The van der Waals surface area contributed by atoms with Gasteiger partial charge in [0.15, 0.2) is 11.6 Å². The first-order valence-corrected chi connectivity index (χ1v) is 11.6. The molecular weight excluding hydrogens is 429 g/mol. The minimum Gasteiger partial charge on any atom is -0.490 e. The standard InChI is InChI=1S/C20H30FN3O6S/c1-14(15-6-7-16(21)17(10-15)30-12-20(2,3)4)23-31(27,28)9-5-8-29-13-24-11-18(25)22-19(24)26/h6-7,10,14,23H,5,8-9,11-13H2,1-4H3,(H,22,25,26)/t14-/m1/s1. The average Bonchev–Trinajstić information content (AvgIpc) is 2.96. The number of carbonyl (C=O) groups excluding carboxylic acids is 2. The van der Waals surface area contributed by atoms with Crippen molar-refractivity contribution in [2.45, 2.75) is 40.2 Å². The monoisotopic (exact) mass is 459 g/mol. The lowest BCUT2D eigenvalue weighted by molar-refractivity contribution is -0.118. The van der Waals surface area contributed by atoms with Crippen LogP contribution in [0.3, 0.4) is 0 Å². The van der Waals surface area contributed by atoms with E-state index in [9.17, 15) is 22.4 Å². The van der Waals surface area contributed by atoms with Crippen molar-refractivity contribution in [1.82, 2.24) is 14.9 Å². The number of amides is 3.